The molecule has 21 heavy (non-hydrogen) atoms. The summed E-state index contributed by atoms with van der Waals surface area (Å²) in [4.78, 5) is 1.88. The summed E-state index contributed by atoms with van der Waals surface area (Å²) in [5.74, 6) is -0.191. The molecule has 1 aromatic heterocycles. The second kappa shape index (κ2) is 7.27. The number of halogens is 1. The number of nitrogens with zero attached hydrogens (tertiary/aromatic N) is 1. The van der Waals surface area contributed by atoms with Crippen molar-refractivity contribution in [1.82, 2.24) is 5.32 Å². The summed E-state index contributed by atoms with van der Waals surface area (Å²) in [6.45, 7) is 5.73. The van der Waals surface area contributed by atoms with E-state index in [0.717, 1.165) is 24.1 Å². The third-order valence-corrected chi connectivity index (χ3v) is 3.58. The maximum Gasteiger partial charge on any atom is 0.146 e. The number of hydrogen-bond donors (Lipinski definition) is 1. The van der Waals surface area contributed by atoms with Crippen LogP contribution in [0.1, 0.15) is 37.4 Å². The van der Waals surface area contributed by atoms with Crippen molar-refractivity contribution in [2.24, 2.45) is 0 Å². The normalized spacial score (nSPS) is 12.4. The van der Waals surface area contributed by atoms with Crippen molar-refractivity contribution in [1.29, 1.82) is 0 Å². The molecule has 0 bridgehead atoms. The molecule has 1 unspecified atom stereocenters. The molecule has 0 amide bonds. The number of furan rings is 1. The maximum absolute atomic E-state index is 14.3. The number of rotatable bonds is 7. The summed E-state index contributed by atoms with van der Waals surface area (Å²) < 4.78 is 19.4. The SMILES string of the molecule is CCCNC(C)c1ccc(N(C)Cc2ccoc2)c(F)c1. The van der Waals surface area contributed by atoms with Crippen LogP contribution in [0.15, 0.2) is 41.2 Å². The lowest BCUT2D eigenvalue weighted by Crippen LogP contribution is -2.20. The summed E-state index contributed by atoms with van der Waals surface area (Å²) in [7, 11) is 1.88. The van der Waals surface area contributed by atoms with E-state index in [1.54, 1.807) is 18.6 Å². The minimum atomic E-state index is -0.191. The van der Waals surface area contributed by atoms with Crippen LogP contribution in [0, 0.1) is 5.82 Å². The van der Waals surface area contributed by atoms with Gasteiger partial charge in [0.25, 0.3) is 0 Å². The molecule has 0 saturated carbocycles. The zero-order valence-electron chi connectivity index (χ0n) is 12.9. The molecule has 0 spiro atoms. The molecule has 0 aliphatic rings. The van der Waals surface area contributed by atoms with E-state index < -0.39 is 0 Å². The molecule has 1 atom stereocenters. The summed E-state index contributed by atoms with van der Waals surface area (Å²) in [6, 6.07) is 7.49. The van der Waals surface area contributed by atoms with Crippen molar-refractivity contribution in [3.63, 3.8) is 0 Å². The van der Waals surface area contributed by atoms with Crippen molar-refractivity contribution in [2.75, 3.05) is 18.5 Å². The molecule has 1 N–H and O–H groups in total. The molecular weight excluding hydrogens is 267 g/mol. The summed E-state index contributed by atoms with van der Waals surface area (Å²) >= 11 is 0. The van der Waals surface area contributed by atoms with Gasteiger partial charge in [-0.3, -0.25) is 0 Å². The fourth-order valence-corrected chi connectivity index (χ4v) is 2.32. The van der Waals surface area contributed by atoms with Crippen LogP contribution in [-0.2, 0) is 6.54 Å². The van der Waals surface area contributed by atoms with Gasteiger partial charge in [0, 0.05) is 25.2 Å². The Morgan fingerprint density at radius 2 is 2.14 bits per heavy atom. The van der Waals surface area contributed by atoms with Crippen molar-refractivity contribution >= 4 is 5.69 Å². The van der Waals surface area contributed by atoms with Crippen LogP contribution < -0.4 is 10.2 Å². The van der Waals surface area contributed by atoms with Gasteiger partial charge in [0.05, 0.1) is 18.2 Å². The summed E-state index contributed by atoms with van der Waals surface area (Å²) in [5.41, 5.74) is 2.60. The van der Waals surface area contributed by atoms with E-state index in [4.69, 9.17) is 4.42 Å². The summed E-state index contributed by atoms with van der Waals surface area (Å²) in [6.07, 6.45) is 4.38. The third kappa shape index (κ3) is 4.08. The molecule has 0 aliphatic carbocycles. The molecule has 0 saturated heterocycles. The Kier molecular flexibility index (Phi) is 5.39. The molecular formula is C17H23FN2O. The van der Waals surface area contributed by atoms with Crippen molar-refractivity contribution < 1.29 is 8.81 Å². The minimum absolute atomic E-state index is 0.160. The molecule has 4 heteroatoms. The number of hydrogen-bond acceptors (Lipinski definition) is 3. The summed E-state index contributed by atoms with van der Waals surface area (Å²) in [5, 5.41) is 3.37. The van der Waals surface area contributed by atoms with Gasteiger partial charge < -0.3 is 14.6 Å². The van der Waals surface area contributed by atoms with E-state index in [1.807, 2.05) is 30.1 Å². The minimum Gasteiger partial charge on any atom is -0.472 e. The quantitative estimate of drug-likeness (QED) is 0.831. The van der Waals surface area contributed by atoms with Crippen molar-refractivity contribution in [3.8, 4) is 0 Å². The Labute approximate surface area is 125 Å². The van der Waals surface area contributed by atoms with Gasteiger partial charge in [-0.15, -0.1) is 0 Å². The zero-order chi connectivity index (χ0) is 15.2. The lowest BCUT2D eigenvalue weighted by atomic mass is 10.1. The van der Waals surface area contributed by atoms with Crippen LogP contribution in [-0.4, -0.2) is 13.6 Å². The molecule has 2 rings (SSSR count). The number of anilines is 1. The van der Waals surface area contributed by atoms with Crippen molar-refractivity contribution in [3.05, 3.63) is 53.7 Å². The second-order valence-electron chi connectivity index (χ2n) is 5.37. The first-order valence-corrected chi connectivity index (χ1v) is 7.37. The fraction of sp³-hybridized carbons (Fsp3) is 0.412. The average Bonchev–Trinajstić information content (AvgIpc) is 2.97. The van der Waals surface area contributed by atoms with Crippen LogP contribution in [0.2, 0.25) is 0 Å². The van der Waals surface area contributed by atoms with E-state index in [1.165, 1.54) is 0 Å². The van der Waals surface area contributed by atoms with E-state index in [9.17, 15) is 4.39 Å². The molecule has 2 aromatic rings. The van der Waals surface area contributed by atoms with Crippen LogP contribution in [0.25, 0.3) is 0 Å². The molecule has 1 aromatic carbocycles. The van der Waals surface area contributed by atoms with Gasteiger partial charge in [-0.1, -0.05) is 13.0 Å². The fourth-order valence-electron chi connectivity index (χ4n) is 2.32. The Balaban J connectivity index is 2.07. The molecule has 0 radical (unpaired) electrons. The average molecular weight is 290 g/mol. The zero-order valence-corrected chi connectivity index (χ0v) is 12.9. The maximum atomic E-state index is 14.3. The second-order valence-corrected chi connectivity index (χ2v) is 5.37. The molecule has 0 aliphatic heterocycles. The molecule has 0 fully saturated rings. The van der Waals surface area contributed by atoms with Crippen LogP contribution >= 0.6 is 0 Å². The van der Waals surface area contributed by atoms with E-state index in [0.29, 0.717) is 12.2 Å². The van der Waals surface area contributed by atoms with Crippen LogP contribution in [0.4, 0.5) is 10.1 Å². The van der Waals surface area contributed by atoms with Gasteiger partial charge in [0.1, 0.15) is 5.82 Å². The van der Waals surface area contributed by atoms with Gasteiger partial charge >= 0.3 is 0 Å². The first kappa shape index (κ1) is 15.6. The van der Waals surface area contributed by atoms with E-state index in [2.05, 4.69) is 19.2 Å². The van der Waals surface area contributed by atoms with Crippen LogP contribution in [0.3, 0.4) is 0 Å². The van der Waals surface area contributed by atoms with Gasteiger partial charge in [-0.05, 0) is 43.7 Å². The molecule has 1 heterocycles. The largest absolute Gasteiger partial charge is 0.472 e. The predicted octanol–water partition coefficient (Wildman–Crippen LogP) is 4.12. The predicted molar refractivity (Wildman–Crippen MR) is 83.9 cm³/mol. The number of benzene rings is 1. The highest BCUT2D eigenvalue weighted by Crippen LogP contribution is 2.24. The molecule has 3 nitrogen and oxygen atoms in total. The van der Waals surface area contributed by atoms with Crippen molar-refractivity contribution in [2.45, 2.75) is 32.9 Å². The smallest absolute Gasteiger partial charge is 0.146 e. The molecule has 114 valence electrons. The van der Waals surface area contributed by atoms with Crippen LogP contribution in [0.5, 0.6) is 0 Å². The Morgan fingerprint density at radius 3 is 2.76 bits per heavy atom. The highest BCUT2D eigenvalue weighted by molar-refractivity contribution is 5.49. The van der Waals surface area contributed by atoms with E-state index >= 15 is 0 Å². The Bertz CT molecular complexity index is 554. The Hall–Kier alpha value is -1.81. The Morgan fingerprint density at radius 1 is 1.33 bits per heavy atom. The van der Waals surface area contributed by atoms with Gasteiger partial charge in [-0.2, -0.15) is 0 Å². The third-order valence-electron chi connectivity index (χ3n) is 3.58. The first-order chi connectivity index (χ1) is 10.1. The van der Waals surface area contributed by atoms with Gasteiger partial charge in [0.2, 0.25) is 0 Å². The topological polar surface area (TPSA) is 28.4 Å². The van der Waals surface area contributed by atoms with Gasteiger partial charge in [-0.25, -0.2) is 4.39 Å². The monoisotopic (exact) mass is 290 g/mol. The van der Waals surface area contributed by atoms with E-state index in [-0.39, 0.29) is 11.9 Å². The standard InChI is InChI=1S/C17H23FN2O/c1-4-8-19-13(2)15-5-6-17(16(18)10-15)20(3)11-14-7-9-21-12-14/h5-7,9-10,12-13,19H,4,8,11H2,1-3H3. The first-order valence-electron chi connectivity index (χ1n) is 7.37. The lowest BCUT2D eigenvalue weighted by molar-refractivity contribution is 0.560. The lowest BCUT2D eigenvalue weighted by Gasteiger charge is -2.21. The highest BCUT2D eigenvalue weighted by atomic mass is 19.1. The number of nitrogens with one attached hydrogen (secondary N) is 1. The highest BCUT2D eigenvalue weighted by Gasteiger charge is 2.12. The van der Waals surface area contributed by atoms with Gasteiger partial charge in [0.15, 0.2) is 0 Å².